The lowest BCUT2D eigenvalue weighted by Crippen LogP contribution is -2.44. The molecular formula is C14H18F2N2O. The van der Waals surface area contributed by atoms with Gasteiger partial charge < -0.3 is 10.1 Å². The van der Waals surface area contributed by atoms with E-state index in [4.69, 9.17) is 0 Å². The van der Waals surface area contributed by atoms with Gasteiger partial charge in [-0.15, -0.1) is 6.58 Å². The second-order valence-electron chi connectivity index (χ2n) is 4.42. The molecule has 0 spiro atoms. The van der Waals surface area contributed by atoms with Gasteiger partial charge in [-0.25, -0.2) is 0 Å². The first-order valence-corrected chi connectivity index (χ1v) is 6.33. The predicted octanol–water partition coefficient (Wildman–Crippen LogP) is 2.42. The van der Waals surface area contributed by atoms with Crippen LogP contribution in [0.15, 0.2) is 36.9 Å². The number of nitrogens with zero attached hydrogens (tertiary/aromatic N) is 1. The topological polar surface area (TPSA) is 24.5 Å². The van der Waals surface area contributed by atoms with Crippen molar-refractivity contribution in [3.05, 3.63) is 42.5 Å². The fraction of sp³-hybridized carbons (Fsp3) is 0.429. The highest BCUT2D eigenvalue weighted by Crippen LogP contribution is 2.26. The third-order valence-corrected chi connectivity index (χ3v) is 3.19. The van der Waals surface area contributed by atoms with Gasteiger partial charge in [-0.2, -0.15) is 8.78 Å². The minimum Gasteiger partial charge on any atom is -0.435 e. The normalized spacial score (nSPS) is 18.3. The molecular weight excluding hydrogens is 250 g/mol. The molecule has 3 nitrogen and oxygen atoms in total. The standard InChI is InChI=1S/C14H18F2N2O/c1-2-13(18-8-6-17-7-9-18)11-4-3-5-12(10-11)19-14(15)16/h2-5,10,13-14,17H,1,6-9H2/t13-/m0/s1. The van der Waals surface area contributed by atoms with Crippen LogP contribution in [0, 0.1) is 0 Å². The van der Waals surface area contributed by atoms with E-state index in [-0.39, 0.29) is 11.8 Å². The van der Waals surface area contributed by atoms with Crippen LogP contribution < -0.4 is 10.1 Å². The van der Waals surface area contributed by atoms with E-state index in [1.807, 2.05) is 12.1 Å². The Morgan fingerprint density at radius 3 is 2.68 bits per heavy atom. The second kappa shape index (κ2) is 6.63. The molecule has 1 fully saturated rings. The van der Waals surface area contributed by atoms with Crippen LogP contribution in [0.5, 0.6) is 5.75 Å². The van der Waals surface area contributed by atoms with Crippen molar-refractivity contribution in [3.8, 4) is 5.75 Å². The van der Waals surface area contributed by atoms with Gasteiger partial charge in [-0.1, -0.05) is 18.2 Å². The van der Waals surface area contributed by atoms with E-state index in [1.54, 1.807) is 12.1 Å². The summed E-state index contributed by atoms with van der Waals surface area (Å²) in [6.45, 7) is 4.74. The number of benzene rings is 1. The van der Waals surface area contributed by atoms with E-state index in [0.29, 0.717) is 0 Å². The maximum atomic E-state index is 12.2. The van der Waals surface area contributed by atoms with Crippen molar-refractivity contribution in [1.82, 2.24) is 10.2 Å². The zero-order valence-corrected chi connectivity index (χ0v) is 10.7. The summed E-state index contributed by atoms with van der Waals surface area (Å²) >= 11 is 0. The monoisotopic (exact) mass is 268 g/mol. The molecule has 0 unspecified atom stereocenters. The van der Waals surface area contributed by atoms with Crippen LogP contribution >= 0.6 is 0 Å². The first-order valence-electron chi connectivity index (χ1n) is 6.33. The predicted molar refractivity (Wildman–Crippen MR) is 70.5 cm³/mol. The molecule has 0 aromatic heterocycles. The van der Waals surface area contributed by atoms with Crippen LogP contribution in [-0.2, 0) is 0 Å². The Hall–Kier alpha value is -1.46. The first-order chi connectivity index (χ1) is 9.20. The van der Waals surface area contributed by atoms with Crippen molar-refractivity contribution in [2.45, 2.75) is 12.7 Å². The Kier molecular flexibility index (Phi) is 4.87. The number of nitrogens with one attached hydrogen (secondary N) is 1. The van der Waals surface area contributed by atoms with Gasteiger partial charge >= 0.3 is 6.61 Å². The molecule has 2 rings (SSSR count). The molecule has 0 bridgehead atoms. The summed E-state index contributed by atoms with van der Waals surface area (Å²) in [5.41, 5.74) is 0.926. The number of rotatable bonds is 5. The summed E-state index contributed by atoms with van der Waals surface area (Å²) < 4.78 is 28.9. The average molecular weight is 268 g/mol. The van der Waals surface area contributed by atoms with Crippen LogP contribution in [0.4, 0.5) is 8.78 Å². The fourth-order valence-electron chi connectivity index (χ4n) is 2.33. The van der Waals surface area contributed by atoms with Crippen molar-refractivity contribution in [2.24, 2.45) is 0 Å². The highest BCUT2D eigenvalue weighted by molar-refractivity contribution is 5.32. The zero-order valence-electron chi connectivity index (χ0n) is 10.7. The summed E-state index contributed by atoms with van der Waals surface area (Å²) in [4.78, 5) is 2.27. The van der Waals surface area contributed by atoms with Crippen LogP contribution in [0.25, 0.3) is 0 Å². The molecule has 1 aliphatic rings. The molecule has 1 aromatic rings. The Bertz CT molecular complexity index is 420. The van der Waals surface area contributed by atoms with Crippen molar-refractivity contribution in [1.29, 1.82) is 0 Å². The van der Waals surface area contributed by atoms with Gasteiger partial charge in [0, 0.05) is 26.2 Å². The maximum Gasteiger partial charge on any atom is 0.387 e. The second-order valence-corrected chi connectivity index (χ2v) is 4.42. The molecule has 0 saturated carbocycles. The number of piperazine rings is 1. The Morgan fingerprint density at radius 2 is 2.05 bits per heavy atom. The van der Waals surface area contributed by atoms with Crippen molar-refractivity contribution < 1.29 is 13.5 Å². The number of halogens is 2. The maximum absolute atomic E-state index is 12.2. The molecule has 1 aliphatic heterocycles. The van der Waals surface area contributed by atoms with E-state index < -0.39 is 6.61 Å². The summed E-state index contributed by atoms with van der Waals surface area (Å²) in [7, 11) is 0. The third-order valence-electron chi connectivity index (χ3n) is 3.19. The van der Waals surface area contributed by atoms with Gasteiger partial charge in [0.2, 0.25) is 0 Å². The summed E-state index contributed by atoms with van der Waals surface area (Å²) in [6, 6.07) is 6.86. The van der Waals surface area contributed by atoms with E-state index >= 15 is 0 Å². The Labute approximate surface area is 111 Å². The Morgan fingerprint density at radius 1 is 1.32 bits per heavy atom. The molecule has 1 saturated heterocycles. The molecule has 0 radical (unpaired) electrons. The van der Waals surface area contributed by atoms with E-state index in [0.717, 1.165) is 31.7 Å². The molecule has 0 amide bonds. The molecule has 1 aromatic carbocycles. The molecule has 1 heterocycles. The number of hydrogen-bond acceptors (Lipinski definition) is 3. The lowest BCUT2D eigenvalue weighted by atomic mass is 10.0. The quantitative estimate of drug-likeness (QED) is 0.830. The minimum atomic E-state index is -2.79. The van der Waals surface area contributed by atoms with Gasteiger partial charge in [0.05, 0.1) is 6.04 Å². The van der Waals surface area contributed by atoms with E-state index in [9.17, 15) is 8.78 Å². The van der Waals surface area contributed by atoms with Crippen molar-refractivity contribution in [3.63, 3.8) is 0 Å². The van der Waals surface area contributed by atoms with E-state index in [2.05, 4.69) is 21.5 Å². The van der Waals surface area contributed by atoms with Crippen molar-refractivity contribution >= 4 is 0 Å². The van der Waals surface area contributed by atoms with E-state index in [1.165, 1.54) is 6.07 Å². The third kappa shape index (κ3) is 3.75. The van der Waals surface area contributed by atoms with Gasteiger partial charge in [-0.3, -0.25) is 4.90 Å². The van der Waals surface area contributed by atoms with Crippen LogP contribution in [-0.4, -0.2) is 37.7 Å². The summed E-state index contributed by atoms with van der Waals surface area (Å²) in [5, 5.41) is 3.28. The van der Waals surface area contributed by atoms with Gasteiger partial charge in [-0.05, 0) is 17.7 Å². The number of ether oxygens (including phenoxy) is 1. The van der Waals surface area contributed by atoms with Crippen LogP contribution in [0.1, 0.15) is 11.6 Å². The summed E-state index contributed by atoms with van der Waals surface area (Å²) in [6.07, 6.45) is 1.84. The SMILES string of the molecule is C=C[C@@H](c1cccc(OC(F)F)c1)N1CCNCC1. The smallest absolute Gasteiger partial charge is 0.387 e. The molecule has 104 valence electrons. The zero-order chi connectivity index (χ0) is 13.7. The minimum absolute atomic E-state index is 0.0309. The lowest BCUT2D eigenvalue weighted by Gasteiger charge is -2.33. The van der Waals surface area contributed by atoms with Crippen LogP contribution in [0.3, 0.4) is 0 Å². The van der Waals surface area contributed by atoms with Gasteiger partial charge in [0.25, 0.3) is 0 Å². The number of hydrogen-bond donors (Lipinski definition) is 1. The molecule has 1 N–H and O–H groups in total. The molecule has 19 heavy (non-hydrogen) atoms. The van der Waals surface area contributed by atoms with Gasteiger partial charge in [0.1, 0.15) is 5.75 Å². The fourth-order valence-corrected chi connectivity index (χ4v) is 2.33. The van der Waals surface area contributed by atoms with Crippen molar-refractivity contribution in [2.75, 3.05) is 26.2 Å². The highest BCUT2D eigenvalue weighted by atomic mass is 19.3. The molecule has 1 atom stereocenters. The molecule has 5 heteroatoms. The average Bonchev–Trinajstić information content (AvgIpc) is 2.40. The Balaban J connectivity index is 2.15. The van der Waals surface area contributed by atoms with Crippen LogP contribution in [0.2, 0.25) is 0 Å². The lowest BCUT2D eigenvalue weighted by molar-refractivity contribution is -0.0499. The number of alkyl halides is 2. The highest BCUT2D eigenvalue weighted by Gasteiger charge is 2.19. The molecule has 0 aliphatic carbocycles. The largest absolute Gasteiger partial charge is 0.435 e. The first kappa shape index (κ1) is 14.0. The van der Waals surface area contributed by atoms with Gasteiger partial charge in [0.15, 0.2) is 0 Å². The summed E-state index contributed by atoms with van der Waals surface area (Å²) in [5.74, 6) is 0.189.